The Morgan fingerprint density at radius 3 is 2.48 bits per heavy atom. The van der Waals surface area contributed by atoms with Crippen molar-refractivity contribution in [3.05, 3.63) is 68.8 Å². The molecule has 0 saturated carbocycles. The topological polar surface area (TPSA) is 100 Å². The monoisotopic (exact) mass is 448 g/mol. The van der Waals surface area contributed by atoms with Crippen molar-refractivity contribution < 1.29 is 24.5 Å². The first-order chi connectivity index (χ1) is 15.6. The first-order valence-corrected chi connectivity index (χ1v) is 10.8. The quantitative estimate of drug-likeness (QED) is 0.355. The molecule has 1 aromatic heterocycles. The lowest BCUT2D eigenvalue weighted by atomic mass is 9.83. The van der Waals surface area contributed by atoms with Gasteiger partial charge in [-0.3, -0.25) is 4.79 Å². The lowest BCUT2D eigenvalue weighted by Gasteiger charge is -2.13. The van der Waals surface area contributed by atoms with E-state index in [1.165, 1.54) is 36.5 Å². The van der Waals surface area contributed by atoms with Gasteiger partial charge in [0, 0.05) is 23.3 Å². The molecule has 0 fully saturated rings. The normalized spacial score (nSPS) is 11.9. The molecule has 0 bridgehead atoms. The van der Waals surface area contributed by atoms with Crippen LogP contribution in [0.15, 0.2) is 62.2 Å². The lowest BCUT2D eigenvalue weighted by Crippen LogP contribution is -2.04. The van der Waals surface area contributed by atoms with E-state index in [1.807, 2.05) is 14.8 Å². The van der Waals surface area contributed by atoms with E-state index in [1.54, 1.807) is 12.1 Å². The smallest absolute Gasteiger partial charge is 0.197 e. The summed E-state index contributed by atoms with van der Waals surface area (Å²) in [4.78, 5) is 12.9. The van der Waals surface area contributed by atoms with E-state index in [4.69, 9.17) is 9.15 Å². The summed E-state index contributed by atoms with van der Waals surface area (Å²) in [5.41, 5.74) is 3.92. The highest BCUT2D eigenvalue weighted by Gasteiger charge is 2.19. The SMILES string of the molecule is B/C(Cc1c(O)cc2oc(-c3ccc(O)c(OC)c3)cc(=O)c2c1O)=C(/C)CCC=C(C)C. The zero-order valence-electron chi connectivity index (χ0n) is 19.7. The van der Waals surface area contributed by atoms with Crippen molar-refractivity contribution in [2.45, 2.75) is 40.0 Å². The van der Waals surface area contributed by atoms with Crippen molar-refractivity contribution in [3.8, 4) is 34.3 Å². The van der Waals surface area contributed by atoms with Gasteiger partial charge in [0.1, 0.15) is 36.1 Å². The number of ether oxygens (including phenoxy) is 1. The van der Waals surface area contributed by atoms with Gasteiger partial charge in [-0.25, -0.2) is 0 Å². The Labute approximate surface area is 193 Å². The molecule has 0 spiro atoms. The molecule has 0 unspecified atom stereocenters. The molecule has 1 heterocycles. The summed E-state index contributed by atoms with van der Waals surface area (Å²) in [7, 11) is 3.39. The van der Waals surface area contributed by atoms with Crippen LogP contribution in [0.1, 0.15) is 39.2 Å². The molecule has 0 aliphatic rings. The molecule has 0 saturated heterocycles. The summed E-state index contributed by atoms with van der Waals surface area (Å²) >= 11 is 0. The molecule has 3 rings (SSSR count). The van der Waals surface area contributed by atoms with Gasteiger partial charge in [-0.15, -0.1) is 5.47 Å². The highest BCUT2D eigenvalue weighted by Crippen LogP contribution is 2.38. The molecule has 33 heavy (non-hydrogen) atoms. The van der Waals surface area contributed by atoms with Crippen molar-refractivity contribution in [1.82, 2.24) is 0 Å². The number of rotatable bonds is 7. The third-order valence-electron chi connectivity index (χ3n) is 5.78. The van der Waals surface area contributed by atoms with Gasteiger partial charge in [0.15, 0.2) is 16.9 Å². The molecule has 3 N–H and O–H groups in total. The fourth-order valence-electron chi connectivity index (χ4n) is 3.68. The number of benzene rings is 2. The largest absolute Gasteiger partial charge is 0.507 e. The van der Waals surface area contributed by atoms with Gasteiger partial charge < -0.3 is 24.5 Å². The summed E-state index contributed by atoms with van der Waals surface area (Å²) in [6, 6.07) is 7.20. The van der Waals surface area contributed by atoms with E-state index in [0.29, 0.717) is 17.5 Å². The average Bonchev–Trinajstić information content (AvgIpc) is 2.75. The molecule has 0 atom stereocenters. The van der Waals surface area contributed by atoms with Crippen LogP contribution in [0.3, 0.4) is 0 Å². The van der Waals surface area contributed by atoms with Crippen LogP contribution in [0.5, 0.6) is 23.0 Å². The van der Waals surface area contributed by atoms with Crippen molar-refractivity contribution in [1.29, 1.82) is 0 Å². The molecule has 0 radical (unpaired) electrons. The van der Waals surface area contributed by atoms with Gasteiger partial charge in [0.05, 0.1) is 7.11 Å². The molecule has 3 aromatic rings. The second-order valence-electron chi connectivity index (χ2n) is 8.52. The van der Waals surface area contributed by atoms with E-state index in [2.05, 4.69) is 19.9 Å². The Morgan fingerprint density at radius 2 is 1.82 bits per heavy atom. The Morgan fingerprint density at radius 1 is 1.09 bits per heavy atom. The number of phenolic OH excluding ortho intramolecular Hbond substituents is 3. The van der Waals surface area contributed by atoms with Crippen LogP contribution in [-0.4, -0.2) is 30.3 Å². The minimum absolute atomic E-state index is 0.0206. The van der Waals surface area contributed by atoms with E-state index < -0.39 is 5.43 Å². The summed E-state index contributed by atoms with van der Waals surface area (Å²) < 4.78 is 11.0. The van der Waals surface area contributed by atoms with Gasteiger partial charge in [-0.2, -0.15) is 0 Å². The summed E-state index contributed by atoms with van der Waals surface area (Å²) in [6.07, 6.45) is 4.31. The molecular weight excluding hydrogens is 419 g/mol. The van der Waals surface area contributed by atoms with E-state index >= 15 is 0 Å². The van der Waals surface area contributed by atoms with Crippen LogP contribution >= 0.6 is 0 Å². The van der Waals surface area contributed by atoms with Gasteiger partial charge >= 0.3 is 0 Å². The molecule has 0 aliphatic heterocycles. The molecule has 2 aromatic carbocycles. The maximum Gasteiger partial charge on any atom is 0.197 e. The standard InChI is InChI=1S/C26H29BO6/c1-14(2)6-5-7-15(3)18(27)11-17-20(29)12-24-25(26(17)31)21(30)13-22(33-24)16-8-9-19(28)23(10-16)32-4/h6,8-10,12-13,28-29,31H,5,7,11,27H2,1-4H3/b18-15-. The van der Waals surface area contributed by atoms with Crippen LogP contribution in [0.25, 0.3) is 22.3 Å². The molecule has 172 valence electrons. The Bertz CT molecular complexity index is 1310. The second-order valence-corrected chi connectivity index (χ2v) is 8.52. The molecular formula is C26H29BO6. The predicted octanol–water partition coefficient (Wildman–Crippen LogP) is 4.78. The van der Waals surface area contributed by atoms with Crippen molar-refractivity contribution in [3.63, 3.8) is 0 Å². The van der Waals surface area contributed by atoms with Gasteiger partial charge in [0.25, 0.3) is 0 Å². The van der Waals surface area contributed by atoms with Crippen LogP contribution in [0.2, 0.25) is 0 Å². The second kappa shape index (κ2) is 9.90. The zero-order valence-corrected chi connectivity index (χ0v) is 19.7. The average molecular weight is 448 g/mol. The van der Waals surface area contributed by atoms with E-state index in [0.717, 1.165) is 18.3 Å². The van der Waals surface area contributed by atoms with Crippen LogP contribution in [0, 0.1) is 0 Å². The van der Waals surface area contributed by atoms with Gasteiger partial charge in [0.2, 0.25) is 0 Å². The number of hydrogen-bond acceptors (Lipinski definition) is 6. The molecule has 6 nitrogen and oxygen atoms in total. The highest BCUT2D eigenvalue weighted by molar-refractivity contribution is 6.22. The minimum atomic E-state index is -0.432. The molecule has 7 heteroatoms. The number of phenols is 3. The number of methoxy groups -OCH3 is 1. The molecule has 0 aliphatic carbocycles. The first kappa shape index (κ1) is 24.0. The number of hydrogen-bond donors (Lipinski definition) is 3. The van der Waals surface area contributed by atoms with E-state index in [9.17, 15) is 20.1 Å². The Balaban J connectivity index is 2.02. The summed E-state index contributed by atoms with van der Waals surface area (Å²) in [6.45, 7) is 6.16. The van der Waals surface area contributed by atoms with Crippen molar-refractivity contribution in [2.24, 2.45) is 0 Å². The third-order valence-corrected chi connectivity index (χ3v) is 5.78. The van der Waals surface area contributed by atoms with Crippen LogP contribution < -0.4 is 10.2 Å². The highest BCUT2D eigenvalue weighted by atomic mass is 16.5. The lowest BCUT2D eigenvalue weighted by molar-refractivity contribution is 0.373. The fourth-order valence-corrected chi connectivity index (χ4v) is 3.68. The van der Waals surface area contributed by atoms with Gasteiger partial charge in [-0.1, -0.05) is 17.2 Å². The maximum atomic E-state index is 12.9. The summed E-state index contributed by atoms with van der Waals surface area (Å²) in [5, 5.41) is 31.3. The number of aromatic hydroxyl groups is 3. The van der Waals surface area contributed by atoms with Crippen molar-refractivity contribution in [2.75, 3.05) is 7.11 Å². The Hall–Kier alpha value is -3.61. The van der Waals surface area contributed by atoms with Gasteiger partial charge in [-0.05, 0) is 58.2 Å². The van der Waals surface area contributed by atoms with Crippen molar-refractivity contribution >= 4 is 18.8 Å². The number of fused-ring (bicyclic) bond motifs is 1. The predicted molar refractivity (Wildman–Crippen MR) is 133 cm³/mol. The maximum absolute atomic E-state index is 12.9. The number of allylic oxidation sites excluding steroid dienone is 4. The minimum Gasteiger partial charge on any atom is -0.507 e. The first-order valence-electron chi connectivity index (χ1n) is 10.8. The van der Waals surface area contributed by atoms with Crippen LogP contribution in [0.4, 0.5) is 0 Å². The zero-order chi connectivity index (χ0) is 24.3. The fraction of sp³-hybridized carbons (Fsp3) is 0.269. The Kier molecular flexibility index (Phi) is 7.21. The van der Waals surface area contributed by atoms with E-state index in [-0.39, 0.29) is 39.7 Å². The third kappa shape index (κ3) is 5.25. The molecule has 0 amide bonds. The van der Waals surface area contributed by atoms with Crippen LogP contribution in [-0.2, 0) is 6.42 Å². The summed E-state index contributed by atoms with van der Waals surface area (Å²) in [5.74, 6) is 0.0102.